The molecule has 6 rings (SSSR count). The van der Waals surface area contributed by atoms with Gasteiger partial charge in [0.2, 0.25) is 0 Å². The fraction of sp³-hybridized carbons (Fsp3) is 0. The van der Waals surface area contributed by atoms with Crippen LogP contribution in [0.3, 0.4) is 0 Å². The minimum atomic E-state index is 0.433. The van der Waals surface area contributed by atoms with E-state index in [9.17, 15) is 0 Å². The molecule has 2 heterocycles. The molecule has 0 aliphatic heterocycles. The Bertz CT molecular complexity index is 1640. The van der Waals surface area contributed by atoms with Crippen molar-refractivity contribution in [3.8, 4) is 28.3 Å². The van der Waals surface area contributed by atoms with Crippen molar-refractivity contribution in [1.82, 2.24) is 4.98 Å². The smallest absolute Gasteiger partial charge is 0.141 e. The van der Waals surface area contributed by atoms with E-state index >= 15 is 0 Å². The molecule has 0 aliphatic rings. The minimum absolute atomic E-state index is 0.433. The van der Waals surface area contributed by atoms with Crippen LogP contribution >= 0.6 is 11.3 Å². The average molecular weight is 413 g/mol. The van der Waals surface area contributed by atoms with Crippen molar-refractivity contribution in [2.24, 2.45) is 0 Å². The molecule has 2 aromatic heterocycles. The Morgan fingerprint density at radius 1 is 0.645 bits per heavy atom. The standard InChI is InChI=1S/C28H16N2S/c29-17-21-15-20(13-14-30-21)18-9-11-19(12-10-18)25-16-27-28(23-6-2-1-5-22(23)25)24-7-3-4-8-26(24)31-27/h1-16H. The molecule has 0 amide bonds. The summed E-state index contributed by atoms with van der Waals surface area (Å²) in [6.45, 7) is 0. The van der Waals surface area contributed by atoms with E-state index in [1.165, 1.54) is 42.1 Å². The first kappa shape index (κ1) is 17.8. The predicted molar refractivity (Wildman–Crippen MR) is 130 cm³/mol. The molecule has 0 saturated carbocycles. The van der Waals surface area contributed by atoms with Crippen LogP contribution in [0.1, 0.15) is 5.69 Å². The van der Waals surface area contributed by atoms with Gasteiger partial charge < -0.3 is 0 Å². The maximum atomic E-state index is 9.13. The molecule has 6 aromatic rings. The molecule has 31 heavy (non-hydrogen) atoms. The molecule has 0 saturated heterocycles. The van der Waals surface area contributed by atoms with Crippen molar-refractivity contribution in [3.63, 3.8) is 0 Å². The van der Waals surface area contributed by atoms with Crippen LogP contribution < -0.4 is 0 Å². The molecule has 0 atom stereocenters. The van der Waals surface area contributed by atoms with Gasteiger partial charge in [-0.1, -0.05) is 66.7 Å². The predicted octanol–water partition coefficient (Wildman–Crippen LogP) is 7.81. The Balaban J connectivity index is 1.55. The third-order valence-corrected chi connectivity index (χ3v) is 6.91. The van der Waals surface area contributed by atoms with Crippen LogP contribution in [-0.4, -0.2) is 4.98 Å². The van der Waals surface area contributed by atoms with Crippen LogP contribution in [0, 0.1) is 11.3 Å². The van der Waals surface area contributed by atoms with Crippen molar-refractivity contribution in [1.29, 1.82) is 5.26 Å². The molecule has 0 fully saturated rings. The zero-order valence-corrected chi connectivity index (χ0v) is 17.4. The van der Waals surface area contributed by atoms with Crippen LogP contribution in [0.4, 0.5) is 0 Å². The number of benzene rings is 4. The summed E-state index contributed by atoms with van der Waals surface area (Å²) >= 11 is 1.85. The Morgan fingerprint density at radius 2 is 1.35 bits per heavy atom. The summed E-state index contributed by atoms with van der Waals surface area (Å²) in [5, 5.41) is 14.4. The van der Waals surface area contributed by atoms with Crippen LogP contribution in [-0.2, 0) is 0 Å². The molecule has 0 unspecified atom stereocenters. The summed E-state index contributed by atoms with van der Waals surface area (Å²) in [6, 6.07) is 34.1. The first-order valence-electron chi connectivity index (χ1n) is 10.1. The molecular weight excluding hydrogens is 396 g/mol. The largest absolute Gasteiger partial charge is 0.246 e. The average Bonchev–Trinajstić information content (AvgIpc) is 3.22. The van der Waals surface area contributed by atoms with Gasteiger partial charge >= 0.3 is 0 Å². The van der Waals surface area contributed by atoms with Crippen molar-refractivity contribution in [2.45, 2.75) is 0 Å². The second kappa shape index (κ2) is 7.05. The highest BCUT2D eigenvalue weighted by Crippen LogP contribution is 2.42. The van der Waals surface area contributed by atoms with E-state index in [-0.39, 0.29) is 0 Å². The highest BCUT2D eigenvalue weighted by atomic mass is 32.1. The van der Waals surface area contributed by atoms with Crippen molar-refractivity contribution < 1.29 is 0 Å². The first-order valence-corrected chi connectivity index (χ1v) is 10.9. The maximum Gasteiger partial charge on any atom is 0.141 e. The summed E-state index contributed by atoms with van der Waals surface area (Å²) in [7, 11) is 0. The van der Waals surface area contributed by atoms with Gasteiger partial charge in [0.1, 0.15) is 11.8 Å². The number of fused-ring (bicyclic) bond motifs is 5. The lowest BCUT2D eigenvalue weighted by Crippen LogP contribution is -1.86. The van der Waals surface area contributed by atoms with Gasteiger partial charge in [0.05, 0.1) is 0 Å². The molecule has 4 aromatic carbocycles. The Labute approximate surface area is 183 Å². The Kier molecular flexibility index (Phi) is 4.06. The Hall–Kier alpha value is -4.00. The van der Waals surface area contributed by atoms with E-state index in [4.69, 9.17) is 5.26 Å². The third kappa shape index (κ3) is 2.89. The zero-order valence-electron chi connectivity index (χ0n) is 16.5. The van der Waals surface area contributed by atoms with Crippen molar-refractivity contribution >= 4 is 42.3 Å². The van der Waals surface area contributed by atoms with Gasteiger partial charge in [0, 0.05) is 26.4 Å². The summed E-state index contributed by atoms with van der Waals surface area (Å²) in [5.74, 6) is 0. The van der Waals surface area contributed by atoms with Gasteiger partial charge in [0.25, 0.3) is 0 Å². The number of hydrogen-bond acceptors (Lipinski definition) is 3. The number of nitrogens with zero attached hydrogens (tertiary/aromatic N) is 2. The molecule has 0 aliphatic carbocycles. The molecule has 0 spiro atoms. The number of rotatable bonds is 2. The van der Waals surface area contributed by atoms with Crippen molar-refractivity contribution in [3.05, 3.63) is 103 Å². The van der Waals surface area contributed by atoms with E-state index in [2.05, 4.69) is 89.9 Å². The van der Waals surface area contributed by atoms with Crippen LogP contribution in [0.5, 0.6) is 0 Å². The topological polar surface area (TPSA) is 36.7 Å². The minimum Gasteiger partial charge on any atom is -0.246 e. The fourth-order valence-corrected chi connectivity index (χ4v) is 5.50. The molecule has 0 radical (unpaired) electrons. The second-order valence-electron chi connectivity index (χ2n) is 7.56. The summed E-state index contributed by atoms with van der Waals surface area (Å²) in [4.78, 5) is 4.07. The fourth-order valence-electron chi connectivity index (χ4n) is 4.34. The normalized spacial score (nSPS) is 11.2. The number of thiophene rings is 1. The van der Waals surface area contributed by atoms with Gasteiger partial charge in [-0.15, -0.1) is 11.3 Å². The van der Waals surface area contributed by atoms with E-state index in [0.717, 1.165) is 11.1 Å². The Morgan fingerprint density at radius 3 is 2.16 bits per heavy atom. The molecular formula is C28H16N2S. The number of aromatic nitrogens is 1. The molecule has 2 nitrogen and oxygen atoms in total. The first-order chi connectivity index (χ1) is 15.3. The summed E-state index contributed by atoms with van der Waals surface area (Å²) < 4.78 is 2.63. The maximum absolute atomic E-state index is 9.13. The molecule has 0 N–H and O–H groups in total. The lowest BCUT2D eigenvalue weighted by molar-refractivity contribution is 1.26. The molecule has 3 heteroatoms. The number of pyridine rings is 1. The van der Waals surface area contributed by atoms with E-state index < -0.39 is 0 Å². The van der Waals surface area contributed by atoms with E-state index in [0.29, 0.717) is 5.69 Å². The number of nitriles is 1. The van der Waals surface area contributed by atoms with Gasteiger partial charge in [-0.2, -0.15) is 5.26 Å². The van der Waals surface area contributed by atoms with E-state index in [1.807, 2.05) is 23.5 Å². The van der Waals surface area contributed by atoms with Gasteiger partial charge in [-0.3, -0.25) is 0 Å². The number of hydrogen-bond donors (Lipinski definition) is 0. The second-order valence-corrected chi connectivity index (χ2v) is 8.64. The van der Waals surface area contributed by atoms with Crippen molar-refractivity contribution in [2.75, 3.05) is 0 Å². The van der Waals surface area contributed by atoms with Crippen LogP contribution in [0.15, 0.2) is 97.2 Å². The van der Waals surface area contributed by atoms with Crippen LogP contribution in [0.2, 0.25) is 0 Å². The van der Waals surface area contributed by atoms with Gasteiger partial charge in [-0.05, 0) is 57.3 Å². The van der Waals surface area contributed by atoms with Crippen LogP contribution in [0.25, 0.3) is 53.2 Å². The summed E-state index contributed by atoms with van der Waals surface area (Å²) in [6.07, 6.45) is 1.69. The quantitative estimate of drug-likeness (QED) is 0.291. The molecule has 144 valence electrons. The highest BCUT2D eigenvalue weighted by molar-refractivity contribution is 7.26. The summed E-state index contributed by atoms with van der Waals surface area (Å²) in [5.41, 5.74) is 4.95. The third-order valence-electron chi connectivity index (χ3n) is 5.79. The lowest BCUT2D eigenvalue weighted by atomic mass is 9.94. The monoisotopic (exact) mass is 412 g/mol. The van der Waals surface area contributed by atoms with Gasteiger partial charge in [0.15, 0.2) is 0 Å². The lowest BCUT2D eigenvalue weighted by Gasteiger charge is -2.10. The highest BCUT2D eigenvalue weighted by Gasteiger charge is 2.13. The van der Waals surface area contributed by atoms with Gasteiger partial charge in [-0.25, -0.2) is 4.98 Å². The zero-order chi connectivity index (χ0) is 20.8. The SMILES string of the molecule is N#Cc1cc(-c2ccc(-c3cc4sc5ccccc5c4c4ccccc34)cc2)ccn1. The van der Waals surface area contributed by atoms with E-state index in [1.54, 1.807) is 6.20 Å². The molecule has 0 bridgehead atoms.